The molecule has 8 heteroatoms. The summed E-state index contributed by atoms with van der Waals surface area (Å²) in [6, 6.07) is 0. The number of fused-ring (bicyclic) bond motifs is 5. The first-order valence-corrected chi connectivity index (χ1v) is 13.1. The Kier molecular flexibility index (Phi) is 6.76. The second-order valence-corrected chi connectivity index (χ2v) is 11.6. The van der Waals surface area contributed by atoms with Crippen molar-refractivity contribution >= 4 is 17.7 Å². The number of esters is 2. The topological polar surface area (TPSA) is 89.9 Å². The minimum atomic E-state index is -2.25. The average Bonchev–Trinajstić information content (AvgIpc) is 3.04. The van der Waals surface area contributed by atoms with Gasteiger partial charge in [-0.25, -0.2) is 13.6 Å². The molecule has 0 amide bonds. The van der Waals surface area contributed by atoms with Crippen molar-refractivity contribution in [1.82, 2.24) is 0 Å². The van der Waals surface area contributed by atoms with Crippen molar-refractivity contribution in [2.24, 2.45) is 28.6 Å². The second kappa shape index (κ2) is 9.03. The van der Waals surface area contributed by atoms with Crippen LogP contribution < -0.4 is 0 Å². The summed E-state index contributed by atoms with van der Waals surface area (Å²) in [5.74, 6) is -4.58. The number of aliphatic hydroxyl groups is 1. The van der Waals surface area contributed by atoms with E-state index in [1.807, 2.05) is 6.92 Å². The van der Waals surface area contributed by atoms with Gasteiger partial charge in [-0.15, -0.1) is 0 Å². The van der Waals surface area contributed by atoms with Gasteiger partial charge in [-0.05, 0) is 56.6 Å². The molecule has 6 nitrogen and oxygen atoms in total. The third-order valence-electron chi connectivity index (χ3n) is 10.0. The number of alkyl halides is 1. The summed E-state index contributed by atoms with van der Waals surface area (Å²) in [5, 5.41) is 11.5. The van der Waals surface area contributed by atoms with Crippen LogP contribution in [0.25, 0.3) is 0 Å². The van der Waals surface area contributed by atoms with E-state index in [1.165, 1.54) is 13.2 Å². The normalized spacial score (nSPS) is 43.5. The number of rotatable bonds is 6. The van der Waals surface area contributed by atoms with Crippen molar-refractivity contribution in [3.8, 4) is 0 Å². The molecule has 0 aromatic heterocycles. The molecule has 0 spiro atoms. The lowest BCUT2D eigenvalue weighted by Gasteiger charge is -2.62. The SMILES string of the molecule is CCCCCC(=O)O[C@]1(C(=O)OC)[C@@H](C)C[C@H]2[C@@H]3CCC4=C(F)C(=O)C=C[C@]4(C)[C@@]3(F)[C@@H](O)C[C@@]21C. The number of carbonyl (C=O) groups excluding carboxylic acids is 3. The number of carbonyl (C=O) groups is 3. The highest BCUT2D eigenvalue weighted by Gasteiger charge is 2.78. The van der Waals surface area contributed by atoms with E-state index in [1.54, 1.807) is 20.8 Å². The summed E-state index contributed by atoms with van der Waals surface area (Å²) < 4.78 is 43.4. The van der Waals surface area contributed by atoms with Gasteiger partial charge < -0.3 is 14.6 Å². The molecule has 36 heavy (non-hydrogen) atoms. The third kappa shape index (κ3) is 3.31. The lowest BCUT2D eigenvalue weighted by atomic mass is 9.44. The van der Waals surface area contributed by atoms with Crippen molar-refractivity contribution in [2.45, 2.75) is 96.4 Å². The molecule has 4 aliphatic carbocycles. The number of ketones is 1. The summed E-state index contributed by atoms with van der Waals surface area (Å²) in [4.78, 5) is 38.3. The zero-order valence-electron chi connectivity index (χ0n) is 21.9. The van der Waals surface area contributed by atoms with E-state index < -0.39 is 69.5 Å². The van der Waals surface area contributed by atoms with Gasteiger partial charge in [0.15, 0.2) is 11.5 Å². The van der Waals surface area contributed by atoms with E-state index in [-0.39, 0.29) is 31.3 Å². The fraction of sp³-hybridized carbons (Fsp3) is 0.750. The fourth-order valence-corrected chi connectivity index (χ4v) is 8.20. The molecule has 0 aromatic carbocycles. The summed E-state index contributed by atoms with van der Waals surface area (Å²) in [7, 11) is 1.24. The monoisotopic (exact) mass is 508 g/mol. The average molecular weight is 509 g/mol. The lowest BCUT2D eigenvalue weighted by Crippen LogP contribution is -2.70. The van der Waals surface area contributed by atoms with Crippen LogP contribution in [0.15, 0.2) is 23.6 Å². The van der Waals surface area contributed by atoms with Gasteiger partial charge in [0.1, 0.15) is 0 Å². The summed E-state index contributed by atoms with van der Waals surface area (Å²) >= 11 is 0. The highest BCUT2D eigenvalue weighted by Crippen LogP contribution is 2.71. The molecule has 1 N–H and O–H groups in total. The van der Waals surface area contributed by atoms with Gasteiger partial charge in [0.2, 0.25) is 11.4 Å². The standard InChI is InChI=1S/C28H38F2O6/c1-6-7-8-9-22(33)36-28(24(34)35-5)16(2)14-19-17-10-11-18-23(29)20(31)12-13-25(18,3)27(17,30)21(32)15-26(19,28)4/h12-13,16-17,19,21,32H,6-11,14-15H2,1-5H3/t16-,17-,19-,21-,25-,26-,27-,28-/m0/s1. The molecule has 3 fully saturated rings. The minimum absolute atomic E-state index is 0.0871. The van der Waals surface area contributed by atoms with Crippen molar-refractivity contribution < 1.29 is 37.7 Å². The van der Waals surface area contributed by atoms with Crippen LogP contribution in [0.5, 0.6) is 0 Å². The summed E-state index contributed by atoms with van der Waals surface area (Å²) in [5.41, 5.74) is -6.42. The molecule has 0 saturated heterocycles. The van der Waals surface area contributed by atoms with Gasteiger partial charge in [-0.2, -0.15) is 0 Å². The zero-order valence-corrected chi connectivity index (χ0v) is 21.9. The van der Waals surface area contributed by atoms with Crippen molar-refractivity contribution in [2.75, 3.05) is 7.11 Å². The third-order valence-corrected chi connectivity index (χ3v) is 10.0. The first-order chi connectivity index (χ1) is 16.8. The second-order valence-electron chi connectivity index (χ2n) is 11.6. The number of halogens is 2. The van der Waals surface area contributed by atoms with E-state index in [9.17, 15) is 23.9 Å². The highest BCUT2D eigenvalue weighted by atomic mass is 19.1. The number of methoxy groups -OCH3 is 1. The van der Waals surface area contributed by atoms with Crippen LogP contribution in [-0.4, -0.2) is 47.3 Å². The summed E-state index contributed by atoms with van der Waals surface area (Å²) in [6.07, 6.45) is 4.02. The van der Waals surface area contributed by atoms with Gasteiger partial charge in [0.25, 0.3) is 0 Å². The Balaban J connectivity index is 1.78. The molecule has 4 rings (SSSR count). The quantitative estimate of drug-likeness (QED) is 0.404. The predicted octanol–water partition coefficient (Wildman–Crippen LogP) is 4.94. The lowest BCUT2D eigenvalue weighted by molar-refractivity contribution is -0.235. The Hall–Kier alpha value is -2.09. The number of ether oxygens (including phenoxy) is 2. The van der Waals surface area contributed by atoms with Crippen molar-refractivity contribution in [3.05, 3.63) is 23.6 Å². The van der Waals surface area contributed by atoms with Gasteiger partial charge in [-0.3, -0.25) is 9.59 Å². The first-order valence-electron chi connectivity index (χ1n) is 13.1. The van der Waals surface area contributed by atoms with Crippen LogP contribution in [0, 0.1) is 28.6 Å². The Bertz CT molecular complexity index is 1020. The van der Waals surface area contributed by atoms with E-state index in [2.05, 4.69) is 0 Å². The molecule has 8 atom stereocenters. The van der Waals surface area contributed by atoms with Crippen LogP contribution in [0.1, 0.15) is 79.1 Å². The van der Waals surface area contributed by atoms with Gasteiger partial charge in [0, 0.05) is 29.1 Å². The van der Waals surface area contributed by atoms with Crippen LogP contribution >= 0.6 is 0 Å². The van der Waals surface area contributed by atoms with Gasteiger partial charge in [0.05, 0.1) is 13.2 Å². The molecule has 0 radical (unpaired) electrons. The highest BCUT2D eigenvalue weighted by molar-refractivity contribution is 6.04. The Morgan fingerprint density at radius 3 is 2.56 bits per heavy atom. The Morgan fingerprint density at radius 2 is 1.92 bits per heavy atom. The molecular formula is C28H38F2O6. The van der Waals surface area contributed by atoms with Crippen LogP contribution in [0.3, 0.4) is 0 Å². The maximum absolute atomic E-state index is 17.3. The fourth-order valence-electron chi connectivity index (χ4n) is 8.20. The minimum Gasteiger partial charge on any atom is -0.466 e. The molecule has 0 aliphatic heterocycles. The largest absolute Gasteiger partial charge is 0.466 e. The number of hydrogen-bond donors (Lipinski definition) is 1. The predicted molar refractivity (Wildman–Crippen MR) is 128 cm³/mol. The van der Waals surface area contributed by atoms with Crippen molar-refractivity contribution in [3.63, 3.8) is 0 Å². The molecule has 3 saturated carbocycles. The molecule has 0 aromatic rings. The van der Waals surface area contributed by atoms with Gasteiger partial charge >= 0.3 is 11.9 Å². The molecule has 200 valence electrons. The van der Waals surface area contributed by atoms with Gasteiger partial charge in [-0.1, -0.05) is 39.7 Å². The maximum Gasteiger partial charge on any atom is 0.351 e. The van der Waals surface area contributed by atoms with Crippen molar-refractivity contribution in [1.29, 1.82) is 0 Å². The van der Waals surface area contributed by atoms with E-state index in [4.69, 9.17) is 9.47 Å². The maximum atomic E-state index is 17.3. The summed E-state index contributed by atoms with van der Waals surface area (Å²) in [6.45, 7) is 7.16. The Labute approximate surface area is 211 Å². The number of aliphatic hydroxyl groups excluding tert-OH is 1. The number of allylic oxidation sites excluding steroid dienone is 4. The molecular weight excluding hydrogens is 470 g/mol. The zero-order chi connectivity index (χ0) is 26.7. The number of unbranched alkanes of at least 4 members (excludes halogenated alkanes) is 2. The molecule has 0 unspecified atom stereocenters. The van der Waals surface area contributed by atoms with Crippen LogP contribution in [0.2, 0.25) is 0 Å². The van der Waals surface area contributed by atoms with E-state index >= 15 is 4.39 Å². The van der Waals surface area contributed by atoms with Crippen LogP contribution in [0.4, 0.5) is 8.78 Å². The van der Waals surface area contributed by atoms with Crippen LogP contribution in [-0.2, 0) is 23.9 Å². The van der Waals surface area contributed by atoms with E-state index in [0.29, 0.717) is 12.8 Å². The Morgan fingerprint density at radius 1 is 1.22 bits per heavy atom. The van der Waals surface area contributed by atoms with E-state index in [0.717, 1.165) is 18.9 Å². The smallest absolute Gasteiger partial charge is 0.351 e. The number of hydrogen-bond acceptors (Lipinski definition) is 6. The molecule has 0 bridgehead atoms. The molecule has 4 aliphatic rings. The molecule has 0 heterocycles. The first kappa shape index (κ1) is 27.0.